The highest BCUT2D eigenvalue weighted by molar-refractivity contribution is 5.81. The molecule has 16 heavy (non-hydrogen) atoms. The predicted octanol–water partition coefficient (Wildman–Crippen LogP) is 0.671. The van der Waals surface area contributed by atoms with Crippen LogP contribution in [0.4, 0.5) is 0 Å². The Hall–Kier alpha value is -0.610. The molecule has 0 aromatic rings. The molecule has 1 atom stereocenters. The summed E-state index contributed by atoms with van der Waals surface area (Å²) in [5.41, 5.74) is 0. The second kappa shape index (κ2) is 6.21. The van der Waals surface area contributed by atoms with Crippen LogP contribution < -0.4 is 10.6 Å². The van der Waals surface area contributed by atoms with Gasteiger partial charge in [0, 0.05) is 13.1 Å². The molecule has 0 radical (unpaired) electrons. The monoisotopic (exact) mass is 226 g/mol. The van der Waals surface area contributed by atoms with Crippen LogP contribution in [0.1, 0.15) is 32.1 Å². The molecule has 2 aliphatic rings. The number of ether oxygens (including phenoxy) is 1. The van der Waals surface area contributed by atoms with Crippen molar-refractivity contribution in [1.82, 2.24) is 10.6 Å². The van der Waals surface area contributed by atoms with Crippen LogP contribution in [0.5, 0.6) is 0 Å². The maximum atomic E-state index is 11.7. The van der Waals surface area contributed by atoms with Gasteiger partial charge in [-0.3, -0.25) is 4.79 Å². The first-order valence-corrected chi connectivity index (χ1v) is 6.45. The zero-order valence-electron chi connectivity index (χ0n) is 9.84. The molecule has 1 saturated heterocycles. The van der Waals surface area contributed by atoms with Crippen molar-refractivity contribution in [2.24, 2.45) is 5.92 Å². The number of carbonyl (C=O) groups is 1. The van der Waals surface area contributed by atoms with E-state index in [2.05, 4.69) is 10.6 Å². The first-order chi connectivity index (χ1) is 7.86. The quantitative estimate of drug-likeness (QED) is 0.741. The Kier molecular flexibility index (Phi) is 4.60. The number of nitrogens with one attached hydrogen (secondary N) is 2. The van der Waals surface area contributed by atoms with Crippen LogP contribution in [-0.4, -0.2) is 38.3 Å². The number of morpholine rings is 1. The van der Waals surface area contributed by atoms with Gasteiger partial charge in [0.2, 0.25) is 5.91 Å². The summed E-state index contributed by atoms with van der Waals surface area (Å²) in [6.45, 7) is 2.82. The Morgan fingerprint density at radius 3 is 2.88 bits per heavy atom. The van der Waals surface area contributed by atoms with Crippen LogP contribution in [0.3, 0.4) is 0 Å². The SMILES string of the molecule is O=C(NCCC1CCCC1)C1COCCN1. The summed E-state index contributed by atoms with van der Waals surface area (Å²) in [6, 6.07) is -0.141. The summed E-state index contributed by atoms with van der Waals surface area (Å²) in [5, 5.41) is 6.16. The largest absolute Gasteiger partial charge is 0.378 e. The molecule has 1 aliphatic carbocycles. The molecule has 2 rings (SSSR count). The lowest BCUT2D eigenvalue weighted by Gasteiger charge is -2.23. The lowest BCUT2D eigenvalue weighted by molar-refractivity contribution is -0.125. The summed E-state index contributed by atoms with van der Waals surface area (Å²) in [7, 11) is 0. The fourth-order valence-electron chi connectivity index (χ4n) is 2.56. The average Bonchev–Trinajstić information content (AvgIpc) is 2.83. The van der Waals surface area contributed by atoms with Gasteiger partial charge in [-0.25, -0.2) is 0 Å². The van der Waals surface area contributed by atoms with E-state index < -0.39 is 0 Å². The maximum absolute atomic E-state index is 11.7. The van der Waals surface area contributed by atoms with Crippen molar-refractivity contribution in [1.29, 1.82) is 0 Å². The highest BCUT2D eigenvalue weighted by Gasteiger charge is 2.21. The van der Waals surface area contributed by atoms with Crippen molar-refractivity contribution in [2.45, 2.75) is 38.1 Å². The molecule has 0 aromatic carbocycles. The average molecular weight is 226 g/mol. The number of hydrogen-bond acceptors (Lipinski definition) is 3. The molecule has 1 amide bonds. The van der Waals surface area contributed by atoms with E-state index >= 15 is 0 Å². The first kappa shape index (κ1) is 11.9. The van der Waals surface area contributed by atoms with E-state index in [-0.39, 0.29) is 11.9 Å². The van der Waals surface area contributed by atoms with Gasteiger partial charge in [0.15, 0.2) is 0 Å². The third-order valence-electron chi connectivity index (χ3n) is 3.56. The second-order valence-corrected chi connectivity index (χ2v) is 4.81. The molecular formula is C12H22N2O2. The Labute approximate surface area is 97.1 Å². The highest BCUT2D eigenvalue weighted by Crippen LogP contribution is 2.26. The Bertz CT molecular complexity index is 221. The third kappa shape index (κ3) is 3.46. The van der Waals surface area contributed by atoms with Gasteiger partial charge in [0.1, 0.15) is 6.04 Å². The number of carbonyl (C=O) groups excluding carboxylic acids is 1. The van der Waals surface area contributed by atoms with Gasteiger partial charge in [-0.1, -0.05) is 25.7 Å². The predicted molar refractivity (Wildman–Crippen MR) is 62.2 cm³/mol. The zero-order valence-corrected chi connectivity index (χ0v) is 9.84. The summed E-state index contributed by atoms with van der Waals surface area (Å²) in [6.07, 6.45) is 6.58. The number of rotatable bonds is 4. The maximum Gasteiger partial charge on any atom is 0.239 e. The molecule has 1 saturated carbocycles. The molecule has 1 aliphatic heterocycles. The number of hydrogen-bond donors (Lipinski definition) is 2. The van der Waals surface area contributed by atoms with Crippen molar-refractivity contribution in [3.05, 3.63) is 0 Å². The minimum atomic E-state index is -0.141. The van der Waals surface area contributed by atoms with Crippen LogP contribution in [0.2, 0.25) is 0 Å². The summed E-state index contributed by atoms with van der Waals surface area (Å²) >= 11 is 0. The molecule has 1 unspecified atom stereocenters. The molecule has 92 valence electrons. The Morgan fingerprint density at radius 2 is 2.19 bits per heavy atom. The first-order valence-electron chi connectivity index (χ1n) is 6.45. The Morgan fingerprint density at radius 1 is 1.38 bits per heavy atom. The van der Waals surface area contributed by atoms with E-state index in [0.717, 1.165) is 25.4 Å². The lowest BCUT2D eigenvalue weighted by atomic mass is 10.0. The summed E-state index contributed by atoms with van der Waals surface area (Å²) < 4.78 is 5.26. The molecule has 4 heteroatoms. The molecule has 0 spiro atoms. The van der Waals surface area contributed by atoms with E-state index in [1.165, 1.54) is 25.7 Å². The van der Waals surface area contributed by atoms with Crippen molar-refractivity contribution in [2.75, 3.05) is 26.3 Å². The molecule has 0 aromatic heterocycles. The summed E-state index contributed by atoms with van der Waals surface area (Å²) in [5.74, 6) is 0.938. The van der Waals surface area contributed by atoms with Crippen LogP contribution in [0, 0.1) is 5.92 Å². The minimum Gasteiger partial charge on any atom is -0.378 e. The van der Waals surface area contributed by atoms with Gasteiger partial charge in [-0.15, -0.1) is 0 Å². The third-order valence-corrected chi connectivity index (χ3v) is 3.56. The van der Waals surface area contributed by atoms with Crippen LogP contribution in [-0.2, 0) is 9.53 Å². The van der Waals surface area contributed by atoms with Crippen molar-refractivity contribution in [3.63, 3.8) is 0 Å². The van der Waals surface area contributed by atoms with E-state index in [9.17, 15) is 4.79 Å². The highest BCUT2D eigenvalue weighted by atomic mass is 16.5. The smallest absolute Gasteiger partial charge is 0.239 e. The minimum absolute atomic E-state index is 0.0951. The van der Waals surface area contributed by atoms with E-state index in [0.29, 0.717) is 13.2 Å². The van der Waals surface area contributed by atoms with Crippen LogP contribution >= 0.6 is 0 Å². The van der Waals surface area contributed by atoms with Gasteiger partial charge in [-0.2, -0.15) is 0 Å². The molecule has 1 heterocycles. The van der Waals surface area contributed by atoms with Crippen LogP contribution in [0.15, 0.2) is 0 Å². The van der Waals surface area contributed by atoms with Gasteiger partial charge in [0.05, 0.1) is 13.2 Å². The summed E-state index contributed by atoms with van der Waals surface area (Å²) in [4.78, 5) is 11.7. The fraction of sp³-hybridized carbons (Fsp3) is 0.917. The lowest BCUT2D eigenvalue weighted by Crippen LogP contribution is -2.51. The Balaban J connectivity index is 1.59. The van der Waals surface area contributed by atoms with Crippen molar-refractivity contribution in [3.8, 4) is 0 Å². The molecule has 0 bridgehead atoms. The van der Waals surface area contributed by atoms with E-state index in [1.54, 1.807) is 0 Å². The molecule has 2 N–H and O–H groups in total. The topological polar surface area (TPSA) is 50.4 Å². The number of amides is 1. The van der Waals surface area contributed by atoms with Crippen molar-refractivity contribution < 1.29 is 9.53 Å². The second-order valence-electron chi connectivity index (χ2n) is 4.81. The van der Waals surface area contributed by atoms with Crippen molar-refractivity contribution >= 4 is 5.91 Å². The van der Waals surface area contributed by atoms with Gasteiger partial charge in [-0.05, 0) is 12.3 Å². The van der Waals surface area contributed by atoms with Gasteiger partial charge in [0.25, 0.3) is 0 Å². The molecule has 4 nitrogen and oxygen atoms in total. The normalized spacial score (nSPS) is 26.9. The fourth-order valence-corrected chi connectivity index (χ4v) is 2.56. The van der Waals surface area contributed by atoms with Crippen LogP contribution in [0.25, 0.3) is 0 Å². The van der Waals surface area contributed by atoms with E-state index in [4.69, 9.17) is 4.74 Å². The van der Waals surface area contributed by atoms with Gasteiger partial charge >= 0.3 is 0 Å². The zero-order chi connectivity index (χ0) is 11.2. The standard InChI is InChI=1S/C12H22N2O2/c15-12(11-9-16-8-7-13-11)14-6-5-10-3-1-2-4-10/h10-11,13H,1-9H2,(H,14,15). The van der Waals surface area contributed by atoms with E-state index in [1.807, 2.05) is 0 Å². The molecule has 2 fully saturated rings. The van der Waals surface area contributed by atoms with Gasteiger partial charge < -0.3 is 15.4 Å². The molecular weight excluding hydrogens is 204 g/mol.